The molecular formula is C17H26N2O. The van der Waals surface area contributed by atoms with Crippen LogP contribution in [0.4, 0.5) is 0 Å². The summed E-state index contributed by atoms with van der Waals surface area (Å²) in [6.07, 6.45) is 13.4. The summed E-state index contributed by atoms with van der Waals surface area (Å²) in [5.74, 6) is 2.26. The summed E-state index contributed by atoms with van der Waals surface area (Å²) >= 11 is 0. The van der Waals surface area contributed by atoms with Crippen LogP contribution in [0.15, 0.2) is 12.3 Å². The largest absolute Gasteiger partial charge is 0.392 e. The highest BCUT2D eigenvalue weighted by Gasteiger charge is 2.55. The number of fused-ring (bicyclic) bond motifs is 1. The minimum atomic E-state index is -0.153. The van der Waals surface area contributed by atoms with Crippen LogP contribution in [0.25, 0.3) is 0 Å². The van der Waals surface area contributed by atoms with Crippen LogP contribution in [0.3, 0.4) is 0 Å². The van der Waals surface area contributed by atoms with Gasteiger partial charge in [0.05, 0.1) is 17.8 Å². The van der Waals surface area contributed by atoms with E-state index in [-0.39, 0.29) is 6.10 Å². The smallest absolute Gasteiger partial charge is 0.0650 e. The van der Waals surface area contributed by atoms with E-state index in [0.29, 0.717) is 12.0 Å². The average Bonchev–Trinajstić information content (AvgIpc) is 2.85. The van der Waals surface area contributed by atoms with Gasteiger partial charge in [0.1, 0.15) is 0 Å². The first-order valence-electron chi connectivity index (χ1n) is 8.55. The predicted molar refractivity (Wildman–Crippen MR) is 78.4 cm³/mol. The second-order valence-electron chi connectivity index (χ2n) is 7.19. The highest BCUT2D eigenvalue weighted by Crippen LogP contribution is 2.59. The monoisotopic (exact) mass is 274 g/mol. The third-order valence-corrected chi connectivity index (χ3v) is 5.95. The maximum absolute atomic E-state index is 10.4. The van der Waals surface area contributed by atoms with Gasteiger partial charge >= 0.3 is 0 Å². The maximum Gasteiger partial charge on any atom is 0.0650 e. The molecule has 20 heavy (non-hydrogen) atoms. The van der Waals surface area contributed by atoms with Crippen molar-refractivity contribution < 1.29 is 5.11 Å². The lowest BCUT2D eigenvalue weighted by Crippen LogP contribution is -2.18. The Hall–Kier alpha value is -0.830. The molecule has 3 unspecified atom stereocenters. The van der Waals surface area contributed by atoms with Crippen LogP contribution in [0, 0.1) is 17.8 Å². The van der Waals surface area contributed by atoms with Crippen LogP contribution in [0.1, 0.15) is 63.1 Å². The van der Waals surface area contributed by atoms with Crippen LogP contribution in [0.5, 0.6) is 0 Å². The van der Waals surface area contributed by atoms with Gasteiger partial charge in [0.2, 0.25) is 0 Å². The first kappa shape index (κ1) is 12.9. The maximum atomic E-state index is 10.4. The molecule has 1 N–H and O–H groups in total. The Kier molecular flexibility index (Phi) is 3.33. The third kappa shape index (κ3) is 2.30. The van der Waals surface area contributed by atoms with Crippen LogP contribution < -0.4 is 0 Å². The van der Waals surface area contributed by atoms with Crippen LogP contribution in [-0.2, 0) is 6.42 Å². The highest BCUT2D eigenvalue weighted by molar-refractivity contribution is 5.09. The van der Waals surface area contributed by atoms with Gasteiger partial charge in [-0.05, 0) is 49.5 Å². The van der Waals surface area contributed by atoms with Gasteiger partial charge in [0.25, 0.3) is 0 Å². The van der Waals surface area contributed by atoms with Crippen molar-refractivity contribution in [2.75, 3.05) is 0 Å². The minimum absolute atomic E-state index is 0.153. The molecule has 0 radical (unpaired) electrons. The number of aliphatic hydroxyl groups excluding tert-OH is 1. The lowest BCUT2D eigenvalue weighted by atomic mass is 9.96. The van der Waals surface area contributed by atoms with Crippen molar-refractivity contribution in [1.29, 1.82) is 0 Å². The topological polar surface area (TPSA) is 38.0 Å². The molecule has 3 fully saturated rings. The van der Waals surface area contributed by atoms with Gasteiger partial charge in [-0.25, -0.2) is 0 Å². The van der Waals surface area contributed by atoms with Gasteiger partial charge in [-0.15, -0.1) is 0 Å². The van der Waals surface area contributed by atoms with Crippen molar-refractivity contribution in [1.82, 2.24) is 9.78 Å². The third-order valence-electron chi connectivity index (χ3n) is 5.95. The molecular weight excluding hydrogens is 248 g/mol. The second-order valence-corrected chi connectivity index (χ2v) is 7.19. The quantitative estimate of drug-likeness (QED) is 0.914. The molecule has 4 rings (SSSR count). The lowest BCUT2D eigenvalue weighted by Gasteiger charge is -2.21. The molecule has 3 aliphatic rings. The van der Waals surface area contributed by atoms with Gasteiger partial charge in [0, 0.05) is 12.6 Å². The average molecular weight is 274 g/mol. The number of hydrogen-bond donors (Lipinski definition) is 1. The molecule has 3 saturated carbocycles. The van der Waals surface area contributed by atoms with Gasteiger partial charge in [-0.2, -0.15) is 5.10 Å². The van der Waals surface area contributed by atoms with E-state index in [2.05, 4.69) is 16.9 Å². The molecule has 0 bridgehead atoms. The van der Waals surface area contributed by atoms with E-state index >= 15 is 0 Å². The molecule has 3 aliphatic carbocycles. The fraction of sp³-hybridized carbons (Fsp3) is 0.824. The lowest BCUT2D eigenvalue weighted by molar-refractivity contribution is 0.134. The predicted octanol–water partition coefficient (Wildman–Crippen LogP) is 3.34. The molecule has 0 aliphatic heterocycles. The van der Waals surface area contributed by atoms with Crippen LogP contribution in [0.2, 0.25) is 0 Å². The SMILES string of the molecule is OC(Cc1ccn(C2CCCCC2)n1)C1C2CCCC21. The van der Waals surface area contributed by atoms with E-state index in [0.717, 1.165) is 24.0 Å². The molecule has 1 aromatic rings. The zero-order valence-electron chi connectivity index (χ0n) is 12.2. The van der Waals surface area contributed by atoms with E-state index in [1.165, 1.54) is 51.4 Å². The number of hydrogen-bond acceptors (Lipinski definition) is 2. The Labute approximate surface area is 121 Å². The van der Waals surface area contributed by atoms with Crippen LogP contribution >= 0.6 is 0 Å². The van der Waals surface area contributed by atoms with Crippen molar-refractivity contribution in [2.45, 2.75) is 69.9 Å². The van der Waals surface area contributed by atoms with Gasteiger partial charge < -0.3 is 5.11 Å². The summed E-state index contributed by atoms with van der Waals surface area (Å²) in [5, 5.41) is 15.2. The molecule has 0 aromatic carbocycles. The Bertz CT molecular complexity index is 453. The van der Waals surface area contributed by atoms with E-state index in [1.54, 1.807) is 0 Å². The molecule has 1 heterocycles. The fourth-order valence-corrected chi connectivity index (χ4v) is 4.83. The summed E-state index contributed by atoms with van der Waals surface area (Å²) < 4.78 is 2.16. The van der Waals surface area contributed by atoms with E-state index < -0.39 is 0 Å². The van der Waals surface area contributed by atoms with E-state index in [9.17, 15) is 5.11 Å². The van der Waals surface area contributed by atoms with Crippen molar-refractivity contribution in [2.24, 2.45) is 17.8 Å². The fourth-order valence-electron chi connectivity index (χ4n) is 4.83. The number of nitrogens with zero attached hydrogens (tertiary/aromatic N) is 2. The Balaban J connectivity index is 1.36. The Morgan fingerprint density at radius 2 is 1.85 bits per heavy atom. The summed E-state index contributed by atoms with van der Waals surface area (Å²) in [6, 6.07) is 2.73. The zero-order chi connectivity index (χ0) is 13.5. The molecule has 1 aromatic heterocycles. The van der Waals surface area contributed by atoms with Gasteiger partial charge in [0.15, 0.2) is 0 Å². The van der Waals surface area contributed by atoms with E-state index in [4.69, 9.17) is 5.10 Å². The first-order chi connectivity index (χ1) is 9.83. The van der Waals surface area contributed by atoms with Crippen molar-refractivity contribution in [3.05, 3.63) is 18.0 Å². The molecule has 0 amide bonds. The number of aliphatic hydroxyl groups is 1. The Morgan fingerprint density at radius 3 is 2.60 bits per heavy atom. The molecule has 110 valence electrons. The summed E-state index contributed by atoms with van der Waals surface area (Å²) in [7, 11) is 0. The standard InChI is InChI=1S/C17H26N2O/c20-16(17-14-7-4-8-15(14)17)11-12-9-10-19(18-12)13-5-2-1-3-6-13/h9-10,13-17,20H,1-8,11H2. The number of rotatable bonds is 4. The molecule has 0 saturated heterocycles. The summed E-state index contributed by atoms with van der Waals surface area (Å²) in [5.41, 5.74) is 1.09. The van der Waals surface area contributed by atoms with Gasteiger partial charge in [-0.3, -0.25) is 4.68 Å². The number of aromatic nitrogens is 2. The minimum Gasteiger partial charge on any atom is -0.392 e. The second kappa shape index (κ2) is 5.18. The summed E-state index contributed by atoms with van der Waals surface area (Å²) in [4.78, 5) is 0. The molecule has 3 nitrogen and oxygen atoms in total. The van der Waals surface area contributed by atoms with Gasteiger partial charge in [-0.1, -0.05) is 25.7 Å². The molecule has 3 atom stereocenters. The van der Waals surface area contributed by atoms with E-state index in [1.807, 2.05) is 0 Å². The molecule has 3 heteroatoms. The normalized spacial score (nSPS) is 35.0. The van der Waals surface area contributed by atoms with Crippen LogP contribution in [-0.4, -0.2) is 21.0 Å². The first-order valence-corrected chi connectivity index (χ1v) is 8.55. The summed E-state index contributed by atoms with van der Waals surface area (Å²) in [6.45, 7) is 0. The van der Waals surface area contributed by atoms with Crippen molar-refractivity contribution in [3.8, 4) is 0 Å². The zero-order valence-corrected chi connectivity index (χ0v) is 12.2. The molecule has 0 spiro atoms. The van der Waals surface area contributed by atoms with Crippen molar-refractivity contribution in [3.63, 3.8) is 0 Å². The highest BCUT2D eigenvalue weighted by atomic mass is 16.3. The Morgan fingerprint density at radius 1 is 1.10 bits per heavy atom. The van der Waals surface area contributed by atoms with Crippen molar-refractivity contribution >= 4 is 0 Å².